The molecule has 0 radical (unpaired) electrons. The molecular weight excluding hydrogens is 250 g/mol. The second kappa shape index (κ2) is 8.02. The summed E-state index contributed by atoms with van der Waals surface area (Å²) < 4.78 is 0. The van der Waals surface area contributed by atoms with Gasteiger partial charge in [0.2, 0.25) is 5.91 Å². The molecule has 2 N–H and O–H groups in total. The van der Waals surface area contributed by atoms with Crippen LogP contribution in [0.1, 0.15) is 25.8 Å². The van der Waals surface area contributed by atoms with Crippen molar-refractivity contribution in [3.8, 4) is 0 Å². The molecule has 0 heterocycles. The third-order valence-corrected chi connectivity index (χ3v) is 3.26. The summed E-state index contributed by atoms with van der Waals surface area (Å²) in [5.41, 5.74) is 2.03. The summed E-state index contributed by atoms with van der Waals surface area (Å²) in [6, 6.07) is 7.95. The molecule has 1 aromatic rings. The average molecular weight is 277 g/mol. The zero-order chi connectivity index (χ0) is 15.1. The summed E-state index contributed by atoms with van der Waals surface area (Å²) in [7, 11) is 4.11. The van der Waals surface area contributed by atoms with Gasteiger partial charge in [-0.1, -0.05) is 17.7 Å². The second-order valence-corrected chi connectivity index (χ2v) is 5.74. The monoisotopic (exact) mass is 277 g/mol. The van der Waals surface area contributed by atoms with Gasteiger partial charge in [-0.15, -0.1) is 0 Å². The highest BCUT2D eigenvalue weighted by atomic mass is 16.2. The number of nitrogens with one attached hydrogen (secondary N) is 2. The van der Waals surface area contributed by atoms with Gasteiger partial charge in [0, 0.05) is 11.7 Å². The molecule has 0 saturated heterocycles. The van der Waals surface area contributed by atoms with E-state index in [4.69, 9.17) is 0 Å². The number of hydrogen-bond acceptors (Lipinski definition) is 3. The Hall–Kier alpha value is -1.39. The number of anilines is 1. The maximum atomic E-state index is 12.1. The molecule has 0 aromatic heterocycles. The van der Waals surface area contributed by atoms with E-state index in [0.717, 1.165) is 18.7 Å². The van der Waals surface area contributed by atoms with Gasteiger partial charge in [-0.2, -0.15) is 0 Å². The van der Waals surface area contributed by atoms with Crippen molar-refractivity contribution in [3.05, 3.63) is 29.8 Å². The Kier molecular flexibility index (Phi) is 6.68. The molecule has 0 aliphatic rings. The summed E-state index contributed by atoms with van der Waals surface area (Å²) in [5.74, 6) is 0.00514. The van der Waals surface area contributed by atoms with Crippen LogP contribution in [0.5, 0.6) is 0 Å². The first-order valence-electron chi connectivity index (χ1n) is 7.17. The van der Waals surface area contributed by atoms with Crippen molar-refractivity contribution in [2.45, 2.75) is 39.3 Å². The van der Waals surface area contributed by atoms with Crippen LogP contribution in [-0.2, 0) is 4.79 Å². The van der Waals surface area contributed by atoms with E-state index in [0.29, 0.717) is 6.04 Å². The standard InChI is InChI=1S/C16H27N3O/c1-12-6-8-15(9-7-12)18-16(20)14(3)17-13(2)10-11-19(4)5/h6-9,13-14,17H,10-11H2,1-5H3,(H,18,20). The van der Waals surface area contributed by atoms with E-state index in [1.807, 2.05) is 38.1 Å². The number of rotatable bonds is 7. The first kappa shape index (κ1) is 16.7. The summed E-state index contributed by atoms with van der Waals surface area (Å²) in [6.45, 7) is 7.05. The lowest BCUT2D eigenvalue weighted by atomic mass is 10.2. The van der Waals surface area contributed by atoms with Crippen molar-refractivity contribution in [1.29, 1.82) is 0 Å². The number of carbonyl (C=O) groups excluding carboxylic acids is 1. The predicted octanol–water partition coefficient (Wildman–Crippen LogP) is 2.25. The van der Waals surface area contributed by atoms with Crippen molar-refractivity contribution in [1.82, 2.24) is 10.2 Å². The molecule has 1 rings (SSSR count). The lowest BCUT2D eigenvalue weighted by Crippen LogP contribution is -2.43. The molecule has 1 aromatic carbocycles. The minimum Gasteiger partial charge on any atom is -0.325 e. The summed E-state index contributed by atoms with van der Waals surface area (Å²) in [5, 5.41) is 6.26. The quantitative estimate of drug-likeness (QED) is 0.803. The molecule has 0 aliphatic carbocycles. The molecule has 2 unspecified atom stereocenters. The molecule has 112 valence electrons. The highest BCUT2D eigenvalue weighted by molar-refractivity contribution is 5.94. The lowest BCUT2D eigenvalue weighted by Gasteiger charge is -2.21. The van der Waals surface area contributed by atoms with Crippen LogP contribution < -0.4 is 10.6 Å². The van der Waals surface area contributed by atoms with Crippen LogP contribution in [0.4, 0.5) is 5.69 Å². The van der Waals surface area contributed by atoms with Crippen molar-refractivity contribution < 1.29 is 4.79 Å². The zero-order valence-corrected chi connectivity index (χ0v) is 13.2. The van der Waals surface area contributed by atoms with Gasteiger partial charge in [0.1, 0.15) is 0 Å². The molecule has 4 heteroatoms. The van der Waals surface area contributed by atoms with Crippen LogP contribution >= 0.6 is 0 Å². The minimum atomic E-state index is -0.200. The van der Waals surface area contributed by atoms with Gasteiger partial charge in [-0.25, -0.2) is 0 Å². The highest BCUT2D eigenvalue weighted by Gasteiger charge is 2.15. The summed E-state index contributed by atoms with van der Waals surface area (Å²) >= 11 is 0. The van der Waals surface area contributed by atoms with Crippen molar-refractivity contribution in [2.24, 2.45) is 0 Å². The van der Waals surface area contributed by atoms with Crippen LogP contribution in [-0.4, -0.2) is 43.5 Å². The fourth-order valence-corrected chi connectivity index (χ4v) is 1.93. The van der Waals surface area contributed by atoms with E-state index in [-0.39, 0.29) is 11.9 Å². The Balaban J connectivity index is 2.40. The molecule has 0 spiro atoms. The third-order valence-electron chi connectivity index (χ3n) is 3.26. The Morgan fingerprint density at radius 3 is 2.35 bits per heavy atom. The number of carbonyl (C=O) groups is 1. The minimum absolute atomic E-state index is 0.00514. The Bertz CT molecular complexity index is 414. The molecule has 2 atom stereocenters. The van der Waals surface area contributed by atoms with E-state index in [2.05, 4.69) is 36.6 Å². The van der Waals surface area contributed by atoms with Gasteiger partial charge in [0.25, 0.3) is 0 Å². The first-order chi connectivity index (χ1) is 9.38. The van der Waals surface area contributed by atoms with Crippen LogP contribution in [0.3, 0.4) is 0 Å². The number of amides is 1. The topological polar surface area (TPSA) is 44.4 Å². The van der Waals surface area contributed by atoms with E-state index in [1.165, 1.54) is 5.56 Å². The van der Waals surface area contributed by atoms with E-state index in [1.54, 1.807) is 0 Å². The average Bonchev–Trinajstić information content (AvgIpc) is 2.39. The molecule has 0 saturated carbocycles. The van der Waals surface area contributed by atoms with E-state index < -0.39 is 0 Å². The summed E-state index contributed by atoms with van der Waals surface area (Å²) in [6.07, 6.45) is 1.02. The van der Waals surface area contributed by atoms with E-state index in [9.17, 15) is 4.79 Å². The fraction of sp³-hybridized carbons (Fsp3) is 0.562. The second-order valence-electron chi connectivity index (χ2n) is 5.74. The number of aryl methyl sites for hydroxylation is 1. The number of nitrogens with zero attached hydrogens (tertiary/aromatic N) is 1. The van der Waals surface area contributed by atoms with Gasteiger partial charge in [0.05, 0.1) is 6.04 Å². The SMILES string of the molecule is Cc1ccc(NC(=O)C(C)NC(C)CCN(C)C)cc1. The van der Waals surface area contributed by atoms with Gasteiger partial charge >= 0.3 is 0 Å². The maximum Gasteiger partial charge on any atom is 0.241 e. The van der Waals surface area contributed by atoms with Crippen LogP contribution in [0, 0.1) is 6.92 Å². The predicted molar refractivity (Wildman–Crippen MR) is 85.0 cm³/mol. The van der Waals surface area contributed by atoms with Gasteiger partial charge in [-0.3, -0.25) is 4.79 Å². The van der Waals surface area contributed by atoms with Gasteiger partial charge < -0.3 is 15.5 Å². The van der Waals surface area contributed by atoms with Crippen LogP contribution in [0.15, 0.2) is 24.3 Å². The summed E-state index contributed by atoms with van der Waals surface area (Å²) in [4.78, 5) is 14.2. The number of hydrogen-bond donors (Lipinski definition) is 2. The first-order valence-corrected chi connectivity index (χ1v) is 7.17. The molecule has 0 fully saturated rings. The van der Waals surface area contributed by atoms with Crippen molar-refractivity contribution in [3.63, 3.8) is 0 Å². The molecule has 1 amide bonds. The van der Waals surface area contributed by atoms with Crippen molar-refractivity contribution >= 4 is 11.6 Å². The van der Waals surface area contributed by atoms with Crippen molar-refractivity contribution in [2.75, 3.05) is 26.0 Å². The largest absolute Gasteiger partial charge is 0.325 e. The number of benzene rings is 1. The molecule has 20 heavy (non-hydrogen) atoms. The van der Waals surface area contributed by atoms with Gasteiger partial charge in [0.15, 0.2) is 0 Å². The highest BCUT2D eigenvalue weighted by Crippen LogP contribution is 2.09. The Labute approximate surface area is 122 Å². The lowest BCUT2D eigenvalue weighted by molar-refractivity contribution is -0.117. The Morgan fingerprint density at radius 2 is 1.80 bits per heavy atom. The molecule has 0 bridgehead atoms. The third kappa shape index (κ3) is 6.17. The zero-order valence-electron chi connectivity index (χ0n) is 13.2. The fourth-order valence-electron chi connectivity index (χ4n) is 1.93. The van der Waals surface area contributed by atoms with E-state index >= 15 is 0 Å². The van der Waals surface area contributed by atoms with Gasteiger partial charge in [-0.05, 0) is 60.0 Å². The molecule has 0 aliphatic heterocycles. The maximum absolute atomic E-state index is 12.1. The smallest absolute Gasteiger partial charge is 0.241 e. The molecular formula is C16H27N3O. The van der Waals surface area contributed by atoms with Crippen LogP contribution in [0.2, 0.25) is 0 Å². The normalized spacial score (nSPS) is 14.1. The molecule has 4 nitrogen and oxygen atoms in total. The van der Waals surface area contributed by atoms with Crippen LogP contribution in [0.25, 0.3) is 0 Å². The Morgan fingerprint density at radius 1 is 1.20 bits per heavy atom.